The van der Waals surface area contributed by atoms with Gasteiger partial charge in [0.25, 0.3) is 0 Å². The number of anilines is 1. The lowest BCUT2D eigenvalue weighted by atomic mass is 9.96. The van der Waals surface area contributed by atoms with E-state index in [4.69, 9.17) is 5.73 Å². The number of nitrogens with one attached hydrogen (secondary N) is 1. The number of benzene rings is 1. The van der Waals surface area contributed by atoms with Crippen molar-refractivity contribution in [3.63, 3.8) is 0 Å². The maximum absolute atomic E-state index is 12.4. The summed E-state index contributed by atoms with van der Waals surface area (Å²) in [6.07, 6.45) is 3.67. The predicted octanol–water partition coefficient (Wildman–Crippen LogP) is 2.98. The molecule has 0 spiro atoms. The van der Waals surface area contributed by atoms with Gasteiger partial charge in [0.1, 0.15) is 0 Å². The van der Waals surface area contributed by atoms with Crippen molar-refractivity contribution in [1.29, 1.82) is 0 Å². The van der Waals surface area contributed by atoms with Gasteiger partial charge in [0.2, 0.25) is 5.91 Å². The van der Waals surface area contributed by atoms with Gasteiger partial charge in [-0.15, -0.1) is 23.7 Å². The van der Waals surface area contributed by atoms with E-state index in [1.165, 1.54) is 10.4 Å². The van der Waals surface area contributed by atoms with Gasteiger partial charge < -0.3 is 11.1 Å². The zero-order chi connectivity index (χ0) is 16.9. The van der Waals surface area contributed by atoms with Crippen molar-refractivity contribution >= 4 is 34.8 Å². The van der Waals surface area contributed by atoms with Crippen LogP contribution in [0.5, 0.6) is 0 Å². The zero-order valence-electron chi connectivity index (χ0n) is 14.4. The number of rotatable bonds is 5. The molecule has 1 aromatic heterocycles. The smallest absolute Gasteiger partial charge is 0.223 e. The van der Waals surface area contributed by atoms with E-state index in [9.17, 15) is 4.79 Å². The molecule has 0 bridgehead atoms. The zero-order valence-corrected chi connectivity index (χ0v) is 16.0. The Labute approximate surface area is 159 Å². The van der Waals surface area contributed by atoms with Gasteiger partial charge in [-0.3, -0.25) is 9.69 Å². The van der Waals surface area contributed by atoms with Crippen molar-refractivity contribution in [3.05, 3.63) is 46.5 Å². The van der Waals surface area contributed by atoms with Gasteiger partial charge >= 0.3 is 0 Å². The van der Waals surface area contributed by atoms with Crippen LogP contribution in [-0.4, -0.2) is 28.9 Å². The molecule has 5 nitrogen and oxygen atoms in total. The van der Waals surface area contributed by atoms with Crippen molar-refractivity contribution in [3.8, 4) is 0 Å². The van der Waals surface area contributed by atoms with E-state index in [1.807, 2.05) is 6.20 Å². The van der Waals surface area contributed by atoms with Gasteiger partial charge in [-0.05, 0) is 38.4 Å². The lowest BCUT2D eigenvalue weighted by molar-refractivity contribution is -0.126. The fraction of sp³-hybridized carbons (Fsp3) is 0.444. The van der Waals surface area contributed by atoms with Crippen molar-refractivity contribution in [2.75, 3.05) is 18.8 Å². The number of nitrogens with two attached hydrogens (primary N) is 1. The first-order valence-electron chi connectivity index (χ1n) is 8.36. The number of thiazole rings is 1. The first kappa shape index (κ1) is 19.7. The van der Waals surface area contributed by atoms with E-state index < -0.39 is 0 Å². The summed E-state index contributed by atoms with van der Waals surface area (Å²) in [5.41, 5.74) is 8.05. The molecule has 3 rings (SSSR count). The number of aromatic nitrogens is 1. The number of nitrogens with zero attached hydrogens (tertiary/aromatic N) is 2. The number of carbonyl (C=O) groups is 1. The SMILES string of the molecule is Cc1ccc(CNC(=O)C2CCN(Cc3cnc(N)s3)CC2)cc1.Cl. The monoisotopic (exact) mass is 380 g/mol. The predicted molar refractivity (Wildman–Crippen MR) is 105 cm³/mol. The lowest BCUT2D eigenvalue weighted by Gasteiger charge is -2.30. The molecule has 136 valence electrons. The van der Waals surface area contributed by atoms with Gasteiger partial charge in [0.05, 0.1) is 0 Å². The molecular weight excluding hydrogens is 356 g/mol. The molecule has 0 saturated carbocycles. The average molecular weight is 381 g/mol. The summed E-state index contributed by atoms with van der Waals surface area (Å²) in [6, 6.07) is 8.29. The van der Waals surface area contributed by atoms with Crippen LogP contribution in [0.25, 0.3) is 0 Å². The van der Waals surface area contributed by atoms with E-state index in [1.54, 1.807) is 11.3 Å². The number of amides is 1. The normalized spacial score (nSPS) is 15.6. The molecule has 0 radical (unpaired) electrons. The Morgan fingerprint density at radius 2 is 2.00 bits per heavy atom. The molecular formula is C18H25ClN4OS. The van der Waals surface area contributed by atoms with Crippen molar-refractivity contribution < 1.29 is 4.79 Å². The second-order valence-corrected chi connectivity index (χ2v) is 7.57. The van der Waals surface area contributed by atoms with Crippen LogP contribution in [0.15, 0.2) is 30.5 Å². The molecule has 1 aliphatic heterocycles. The van der Waals surface area contributed by atoms with E-state index in [-0.39, 0.29) is 24.2 Å². The number of halogens is 1. The van der Waals surface area contributed by atoms with Crippen molar-refractivity contribution in [1.82, 2.24) is 15.2 Å². The van der Waals surface area contributed by atoms with Crippen LogP contribution in [0, 0.1) is 12.8 Å². The van der Waals surface area contributed by atoms with Crippen LogP contribution in [-0.2, 0) is 17.9 Å². The van der Waals surface area contributed by atoms with Gasteiger partial charge in [0, 0.05) is 30.1 Å². The number of piperidine rings is 1. The fourth-order valence-electron chi connectivity index (χ4n) is 3.01. The largest absolute Gasteiger partial charge is 0.375 e. The molecule has 1 aromatic carbocycles. The first-order valence-corrected chi connectivity index (χ1v) is 9.17. The summed E-state index contributed by atoms with van der Waals surface area (Å²) in [7, 11) is 0. The summed E-state index contributed by atoms with van der Waals surface area (Å²) >= 11 is 1.54. The molecule has 2 aromatic rings. The topological polar surface area (TPSA) is 71.2 Å². The number of carbonyl (C=O) groups excluding carboxylic acids is 1. The lowest BCUT2D eigenvalue weighted by Crippen LogP contribution is -2.39. The second kappa shape index (κ2) is 9.17. The van der Waals surface area contributed by atoms with Crippen molar-refractivity contribution in [2.24, 2.45) is 5.92 Å². The summed E-state index contributed by atoms with van der Waals surface area (Å²) in [4.78, 5) is 20.0. The molecule has 2 heterocycles. The molecule has 1 saturated heterocycles. The van der Waals surface area contributed by atoms with Crippen LogP contribution in [0.4, 0.5) is 5.13 Å². The maximum atomic E-state index is 12.4. The minimum Gasteiger partial charge on any atom is -0.375 e. The summed E-state index contributed by atoms with van der Waals surface area (Å²) in [6.45, 7) is 5.45. The molecule has 1 fully saturated rings. The molecule has 25 heavy (non-hydrogen) atoms. The highest BCUT2D eigenvalue weighted by Crippen LogP contribution is 2.22. The van der Waals surface area contributed by atoms with Gasteiger partial charge in [0.15, 0.2) is 5.13 Å². The molecule has 0 aliphatic carbocycles. The van der Waals surface area contributed by atoms with Gasteiger partial charge in [-0.25, -0.2) is 4.98 Å². The second-order valence-electron chi connectivity index (χ2n) is 6.42. The Hall–Kier alpha value is -1.63. The third-order valence-corrected chi connectivity index (χ3v) is 5.31. The molecule has 3 N–H and O–H groups in total. The molecule has 1 aliphatic rings. The van der Waals surface area contributed by atoms with Crippen LogP contribution in [0.2, 0.25) is 0 Å². The highest BCUT2D eigenvalue weighted by Gasteiger charge is 2.25. The van der Waals surface area contributed by atoms with Crippen LogP contribution in [0.3, 0.4) is 0 Å². The number of aryl methyl sites for hydroxylation is 1. The van der Waals surface area contributed by atoms with Gasteiger partial charge in [-0.2, -0.15) is 0 Å². The molecule has 1 amide bonds. The first-order chi connectivity index (χ1) is 11.6. The van der Waals surface area contributed by atoms with Gasteiger partial charge in [-0.1, -0.05) is 29.8 Å². The van der Waals surface area contributed by atoms with E-state index in [0.29, 0.717) is 11.7 Å². The molecule has 0 unspecified atom stereocenters. The minimum atomic E-state index is 0. The summed E-state index contributed by atoms with van der Waals surface area (Å²) < 4.78 is 0. The Morgan fingerprint density at radius 3 is 2.60 bits per heavy atom. The van der Waals surface area contributed by atoms with Crippen molar-refractivity contribution in [2.45, 2.75) is 32.9 Å². The fourth-order valence-corrected chi connectivity index (χ4v) is 3.74. The summed E-state index contributed by atoms with van der Waals surface area (Å²) in [5, 5.41) is 3.69. The highest BCUT2D eigenvalue weighted by molar-refractivity contribution is 7.15. The number of hydrogen-bond donors (Lipinski definition) is 2. The quantitative estimate of drug-likeness (QED) is 0.836. The number of hydrogen-bond acceptors (Lipinski definition) is 5. The van der Waals surface area contributed by atoms with E-state index >= 15 is 0 Å². The molecule has 7 heteroatoms. The van der Waals surface area contributed by atoms with Crippen LogP contribution < -0.4 is 11.1 Å². The summed E-state index contributed by atoms with van der Waals surface area (Å²) in [5.74, 6) is 0.301. The Morgan fingerprint density at radius 1 is 1.32 bits per heavy atom. The van der Waals surface area contributed by atoms with Crippen LogP contribution in [0.1, 0.15) is 28.8 Å². The van der Waals surface area contributed by atoms with E-state index in [0.717, 1.165) is 38.0 Å². The minimum absolute atomic E-state index is 0. The Kier molecular flexibility index (Phi) is 7.23. The number of nitrogen functional groups attached to an aromatic ring is 1. The third-order valence-electron chi connectivity index (χ3n) is 4.50. The number of likely N-dealkylation sites (tertiary alicyclic amines) is 1. The van der Waals surface area contributed by atoms with Crippen LogP contribution >= 0.6 is 23.7 Å². The average Bonchev–Trinajstić information content (AvgIpc) is 2.99. The third kappa shape index (κ3) is 5.70. The highest BCUT2D eigenvalue weighted by atomic mass is 35.5. The molecule has 0 atom stereocenters. The standard InChI is InChI=1S/C18H24N4OS.ClH/c1-13-2-4-14(5-3-13)10-20-17(23)15-6-8-22(9-7-15)12-16-11-21-18(19)24-16;/h2-5,11,15H,6-10,12H2,1H3,(H2,19,21)(H,20,23);1H. The Balaban J connectivity index is 0.00000225. The Bertz CT molecular complexity index is 681. The maximum Gasteiger partial charge on any atom is 0.223 e. The van der Waals surface area contributed by atoms with E-state index in [2.05, 4.69) is 46.4 Å².